The number of pyridine rings is 1. The number of fused-ring (bicyclic) bond motifs is 1. The van der Waals surface area contributed by atoms with Gasteiger partial charge in [0.1, 0.15) is 5.75 Å². The Balaban J connectivity index is 2.07. The number of rotatable bonds is 3. The van der Waals surface area contributed by atoms with E-state index in [1.807, 2.05) is 18.3 Å². The molecule has 1 aromatic carbocycles. The van der Waals surface area contributed by atoms with Gasteiger partial charge in [0.15, 0.2) is 0 Å². The van der Waals surface area contributed by atoms with Gasteiger partial charge >= 0.3 is 0 Å². The van der Waals surface area contributed by atoms with Crippen LogP contribution in [0.2, 0.25) is 0 Å². The van der Waals surface area contributed by atoms with Crippen molar-refractivity contribution >= 4 is 26.8 Å². The van der Waals surface area contributed by atoms with Crippen LogP contribution in [0.1, 0.15) is 18.4 Å². The van der Waals surface area contributed by atoms with Gasteiger partial charge in [-0.3, -0.25) is 9.88 Å². The van der Waals surface area contributed by atoms with Crippen LogP contribution < -0.4 is 4.74 Å². The van der Waals surface area contributed by atoms with Crippen molar-refractivity contribution < 1.29 is 4.74 Å². The van der Waals surface area contributed by atoms with Crippen LogP contribution in [0.4, 0.5) is 0 Å². The average molecular weight is 321 g/mol. The number of halogens is 1. The molecule has 1 aliphatic rings. The van der Waals surface area contributed by atoms with E-state index >= 15 is 0 Å². The fourth-order valence-electron chi connectivity index (χ4n) is 2.69. The van der Waals surface area contributed by atoms with Gasteiger partial charge in [-0.25, -0.2) is 0 Å². The largest absolute Gasteiger partial charge is 0.497 e. The number of hydrogen-bond acceptors (Lipinski definition) is 3. The minimum absolute atomic E-state index is 0.899. The molecule has 100 valence electrons. The Bertz CT molecular complexity index is 594. The van der Waals surface area contributed by atoms with E-state index in [2.05, 4.69) is 31.9 Å². The van der Waals surface area contributed by atoms with Crippen LogP contribution in [0, 0.1) is 0 Å². The summed E-state index contributed by atoms with van der Waals surface area (Å²) in [7, 11) is 1.71. The molecule has 0 saturated carbocycles. The lowest BCUT2D eigenvalue weighted by Crippen LogP contribution is -2.18. The Kier molecular flexibility index (Phi) is 3.71. The molecule has 1 fully saturated rings. The Hall–Kier alpha value is -1.13. The van der Waals surface area contributed by atoms with Gasteiger partial charge < -0.3 is 4.74 Å². The Morgan fingerprint density at radius 3 is 2.84 bits per heavy atom. The first-order valence-electron chi connectivity index (χ1n) is 6.61. The number of ether oxygens (including phenoxy) is 1. The van der Waals surface area contributed by atoms with Crippen molar-refractivity contribution in [3.8, 4) is 5.75 Å². The minimum Gasteiger partial charge on any atom is -0.497 e. The molecule has 19 heavy (non-hydrogen) atoms. The van der Waals surface area contributed by atoms with Crippen LogP contribution in [0.15, 0.2) is 28.9 Å². The van der Waals surface area contributed by atoms with E-state index in [1.54, 1.807) is 7.11 Å². The molecular weight excluding hydrogens is 304 g/mol. The van der Waals surface area contributed by atoms with Gasteiger partial charge in [0, 0.05) is 22.6 Å². The normalized spacial score (nSPS) is 16.1. The smallest absolute Gasteiger partial charge is 0.119 e. The minimum atomic E-state index is 0.899. The number of likely N-dealkylation sites (tertiary alicyclic amines) is 1. The Morgan fingerprint density at radius 1 is 1.32 bits per heavy atom. The third-order valence-electron chi connectivity index (χ3n) is 3.67. The third-order valence-corrected chi connectivity index (χ3v) is 4.36. The van der Waals surface area contributed by atoms with Crippen molar-refractivity contribution in [1.82, 2.24) is 9.88 Å². The maximum atomic E-state index is 5.42. The highest BCUT2D eigenvalue weighted by Crippen LogP contribution is 2.30. The fraction of sp³-hybridized carbons (Fsp3) is 0.400. The van der Waals surface area contributed by atoms with E-state index in [9.17, 15) is 0 Å². The van der Waals surface area contributed by atoms with Crippen molar-refractivity contribution in [2.75, 3.05) is 20.2 Å². The highest BCUT2D eigenvalue weighted by atomic mass is 79.9. The summed E-state index contributed by atoms with van der Waals surface area (Å²) >= 11 is 3.60. The predicted octanol–water partition coefficient (Wildman–Crippen LogP) is 3.60. The fourth-order valence-corrected chi connectivity index (χ4v) is 3.11. The highest BCUT2D eigenvalue weighted by Gasteiger charge is 2.15. The maximum Gasteiger partial charge on any atom is 0.119 e. The molecule has 4 heteroatoms. The van der Waals surface area contributed by atoms with Gasteiger partial charge in [0.2, 0.25) is 0 Å². The van der Waals surface area contributed by atoms with Gasteiger partial charge in [0.05, 0.1) is 12.6 Å². The molecule has 1 saturated heterocycles. The average Bonchev–Trinajstić information content (AvgIpc) is 2.92. The lowest BCUT2D eigenvalue weighted by atomic mass is 10.1. The first-order chi connectivity index (χ1) is 9.28. The molecule has 0 atom stereocenters. The van der Waals surface area contributed by atoms with Crippen LogP contribution in [0.3, 0.4) is 0 Å². The molecule has 0 amide bonds. The molecule has 3 nitrogen and oxygen atoms in total. The van der Waals surface area contributed by atoms with Gasteiger partial charge in [-0.05, 0) is 49.7 Å². The summed E-state index contributed by atoms with van der Waals surface area (Å²) in [4.78, 5) is 7.03. The van der Waals surface area contributed by atoms with E-state index in [1.165, 1.54) is 31.5 Å². The summed E-state index contributed by atoms with van der Waals surface area (Å²) in [6, 6.07) is 6.13. The van der Waals surface area contributed by atoms with Crippen molar-refractivity contribution in [3.05, 3.63) is 34.4 Å². The van der Waals surface area contributed by atoms with Crippen LogP contribution in [-0.2, 0) is 6.54 Å². The molecule has 1 aliphatic heterocycles. The topological polar surface area (TPSA) is 25.4 Å². The van der Waals surface area contributed by atoms with Crippen molar-refractivity contribution in [1.29, 1.82) is 0 Å². The monoisotopic (exact) mass is 320 g/mol. The quantitative estimate of drug-likeness (QED) is 0.864. The molecule has 2 aromatic rings. The van der Waals surface area contributed by atoms with E-state index in [-0.39, 0.29) is 0 Å². The maximum absolute atomic E-state index is 5.42. The van der Waals surface area contributed by atoms with Gasteiger partial charge in [0.25, 0.3) is 0 Å². The van der Waals surface area contributed by atoms with E-state index in [0.717, 1.165) is 27.7 Å². The van der Waals surface area contributed by atoms with E-state index < -0.39 is 0 Å². The summed E-state index contributed by atoms with van der Waals surface area (Å²) < 4.78 is 6.48. The zero-order valence-corrected chi connectivity index (χ0v) is 12.6. The van der Waals surface area contributed by atoms with Crippen LogP contribution in [0.5, 0.6) is 5.75 Å². The molecule has 0 bridgehead atoms. The van der Waals surface area contributed by atoms with Crippen LogP contribution in [0.25, 0.3) is 10.9 Å². The number of nitrogens with zero attached hydrogens (tertiary/aromatic N) is 2. The van der Waals surface area contributed by atoms with Gasteiger partial charge in [-0.15, -0.1) is 0 Å². The summed E-state index contributed by atoms with van der Waals surface area (Å²) in [5.41, 5.74) is 2.32. The predicted molar refractivity (Wildman–Crippen MR) is 80.5 cm³/mol. The summed E-state index contributed by atoms with van der Waals surface area (Å²) in [6.07, 6.45) is 4.46. The molecule has 3 rings (SSSR count). The zero-order valence-electron chi connectivity index (χ0n) is 11.0. The molecule has 0 N–H and O–H groups in total. The molecule has 1 aromatic heterocycles. The van der Waals surface area contributed by atoms with E-state index in [0.29, 0.717) is 0 Å². The molecule has 0 spiro atoms. The van der Waals surface area contributed by atoms with Crippen molar-refractivity contribution in [3.63, 3.8) is 0 Å². The molecule has 0 aliphatic carbocycles. The number of aromatic nitrogens is 1. The zero-order chi connectivity index (χ0) is 13.2. The third kappa shape index (κ3) is 2.60. The summed E-state index contributed by atoms with van der Waals surface area (Å²) in [5.74, 6) is 0.899. The lowest BCUT2D eigenvalue weighted by molar-refractivity contribution is 0.331. The first kappa shape index (κ1) is 12.9. The SMILES string of the molecule is COc1cc(CN2CCCC2)c2nccc(Br)c2c1. The first-order valence-corrected chi connectivity index (χ1v) is 7.41. The number of hydrogen-bond donors (Lipinski definition) is 0. The molecule has 0 radical (unpaired) electrons. The van der Waals surface area contributed by atoms with Crippen molar-refractivity contribution in [2.24, 2.45) is 0 Å². The van der Waals surface area contributed by atoms with Crippen LogP contribution >= 0.6 is 15.9 Å². The molecular formula is C15H17BrN2O. The van der Waals surface area contributed by atoms with Gasteiger partial charge in [-0.2, -0.15) is 0 Å². The van der Waals surface area contributed by atoms with Crippen LogP contribution in [-0.4, -0.2) is 30.1 Å². The highest BCUT2D eigenvalue weighted by molar-refractivity contribution is 9.10. The molecule has 0 unspecified atom stereocenters. The summed E-state index contributed by atoms with van der Waals surface area (Å²) in [6.45, 7) is 3.33. The second-order valence-electron chi connectivity index (χ2n) is 4.96. The second-order valence-corrected chi connectivity index (χ2v) is 5.81. The van der Waals surface area contributed by atoms with Gasteiger partial charge in [-0.1, -0.05) is 15.9 Å². The Labute approximate surface area is 121 Å². The lowest BCUT2D eigenvalue weighted by Gasteiger charge is -2.17. The Morgan fingerprint density at radius 2 is 2.11 bits per heavy atom. The summed E-state index contributed by atoms with van der Waals surface area (Å²) in [5, 5.41) is 1.12. The number of benzene rings is 1. The van der Waals surface area contributed by atoms with Crippen molar-refractivity contribution in [2.45, 2.75) is 19.4 Å². The number of methoxy groups -OCH3 is 1. The molecule has 2 heterocycles. The second kappa shape index (κ2) is 5.47. The standard InChI is InChI=1S/C15H17BrN2O/c1-19-12-8-11(10-18-6-2-3-7-18)15-13(9-12)14(16)4-5-17-15/h4-5,8-9H,2-3,6-7,10H2,1H3. The van der Waals surface area contributed by atoms with E-state index in [4.69, 9.17) is 4.74 Å².